The zero-order valence-corrected chi connectivity index (χ0v) is 18.9. The Kier molecular flexibility index (Phi) is 5.73. The summed E-state index contributed by atoms with van der Waals surface area (Å²) in [6.45, 7) is 2.77. The van der Waals surface area contributed by atoms with E-state index in [1.165, 1.54) is 7.11 Å². The minimum Gasteiger partial charge on any atom is -0.465 e. The lowest BCUT2D eigenvalue weighted by molar-refractivity contribution is 0.0600. The topological polar surface area (TPSA) is 69.6 Å². The molecule has 1 N–H and O–H groups in total. The molecule has 1 aliphatic rings. The molecule has 0 bridgehead atoms. The number of carbonyl (C=O) groups is 2. The average Bonchev–Trinajstić information content (AvgIpc) is 3.35. The SMILES string of the molecule is COC(=O)c1ccc(C2(NC(=O)c3cc4c(Cl)c(Cl)ccc4n3C)CCOC2)c(C)c1. The van der Waals surface area contributed by atoms with Crippen molar-refractivity contribution in [2.45, 2.75) is 18.9 Å². The van der Waals surface area contributed by atoms with Crippen LogP contribution in [-0.4, -0.2) is 36.8 Å². The third-order valence-corrected chi connectivity index (χ3v) is 6.70. The summed E-state index contributed by atoms with van der Waals surface area (Å²) < 4.78 is 12.3. The molecular formula is C23H22Cl2N2O4. The molecule has 0 radical (unpaired) electrons. The molecule has 162 valence electrons. The monoisotopic (exact) mass is 460 g/mol. The summed E-state index contributed by atoms with van der Waals surface area (Å²) in [5.74, 6) is -0.644. The van der Waals surface area contributed by atoms with E-state index in [4.69, 9.17) is 32.7 Å². The molecule has 2 heterocycles. The quantitative estimate of drug-likeness (QED) is 0.576. The second-order valence-corrected chi connectivity index (χ2v) is 8.53. The van der Waals surface area contributed by atoms with Gasteiger partial charge in [0.1, 0.15) is 5.69 Å². The first kappa shape index (κ1) is 21.7. The van der Waals surface area contributed by atoms with E-state index in [-0.39, 0.29) is 5.91 Å². The third-order valence-electron chi connectivity index (χ3n) is 5.88. The van der Waals surface area contributed by atoms with Crippen LogP contribution in [0, 0.1) is 6.92 Å². The molecular weight excluding hydrogens is 439 g/mol. The lowest BCUT2D eigenvalue weighted by atomic mass is 9.85. The number of carbonyl (C=O) groups excluding carboxylic acids is 2. The van der Waals surface area contributed by atoms with Gasteiger partial charge in [-0.2, -0.15) is 0 Å². The van der Waals surface area contributed by atoms with Crippen LogP contribution in [0.25, 0.3) is 10.9 Å². The van der Waals surface area contributed by atoms with E-state index in [0.717, 1.165) is 22.0 Å². The molecule has 1 aliphatic heterocycles. The first-order valence-electron chi connectivity index (χ1n) is 9.80. The van der Waals surface area contributed by atoms with Gasteiger partial charge < -0.3 is 19.4 Å². The Hall–Kier alpha value is -2.54. The number of halogens is 2. The number of methoxy groups -OCH3 is 1. The Balaban J connectivity index is 1.72. The predicted octanol–water partition coefficient (Wildman–Crippen LogP) is 4.63. The van der Waals surface area contributed by atoms with Crippen LogP contribution in [0.15, 0.2) is 36.4 Å². The van der Waals surface area contributed by atoms with E-state index in [1.54, 1.807) is 28.8 Å². The van der Waals surface area contributed by atoms with Crippen molar-refractivity contribution in [2.24, 2.45) is 7.05 Å². The number of nitrogens with one attached hydrogen (secondary N) is 1. The standard InChI is InChI=1S/C23H22Cl2N2O4/c1-13-10-14(22(29)30-3)4-5-16(13)23(8-9-31-12-23)26-21(28)19-11-15-18(27(19)2)7-6-17(24)20(15)25/h4-7,10-11H,8-9,12H2,1-3H3,(H,26,28). The zero-order chi connectivity index (χ0) is 22.3. The Bertz CT molecular complexity index is 1200. The second kappa shape index (κ2) is 8.19. The first-order valence-corrected chi connectivity index (χ1v) is 10.6. The Labute approximate surface area is 190 Å². The van der Waals surface area contributed by atoms with E-state index in [0.29, 0.717) is 40.9 Å². The summed E-state index contributed by atoms with van der Waals surface area (Å²) in [5, 5.41) is 4.76. The highest BCUT2D eigenvalue weighted by molar-refractivity contribution is 6.45. The fourth-order valence-electron chi connectivity index (χ4n) is 4.24. The van der Waals surface area contributed by atoms with Crippen LogP contribution < -0.4 is 5.32 Å². The van der Waals surface area contributed by atoms with Gasteiger partial charge in [-0.1, -0.05) is 29.3 Å². The van der Waals surface area contributed by atoms with Gasteiger partial charge in [0, 0.05) is 31.0 Å². The normalized spacial score (nSPS) is 18.4. The van der Waals surface area contributed by atoms with Crippen LogP contribution in [0.5, 0.6) is 0 Å². The van der Waals surface area contributed by atoms with Gasteiger partial charge in [-0.15, -0.1) is 0 Å². The molecule has 1 aromatic heterocycles. The number of nitrogens with zero attached hydrogens (tertiary/aromatic N) is 1. The number of ether oxygens (including phenoxy) is 2. The van der Waals surface area contributed by atoms with E-state index in [2.05, 4.69) is 5.32 Å². The Morgan fingerprint density at radius 1 is 1.19 bits per heavy atom. The van der Waals surface area contributed by atoms with E-state index >= 15 is 0 Å². The Morgan fingerprint density at radius 3 is 2.61 bits per heavy atom. The van der Waals surface area contributed by atoms with Crippen molar-refractivity contribution in [3.63, 3.8) is 0 Å². The molecule has 8 heteroatoms. The molecule has 0 spiro atoms. The maximum atomic E-state index is 13.4. The highest BCUT2D eigenvalue weighted by Gasteiger charge is 2.40. The van der Waals surface area contributed by atoms with Crippen LogP contribution in [0.2, 0.25) is 10.0 Å². The highest BCUT2D eigenvalue weighted by Crippen LogP contribution is 2.35. The number of benzene rings is 2. The van der Waals surface area contributed by atoms with E-state index in [9.17, 15) is 9.59 Å². The van der Waals surface area contributed by atoms with Crippen LogP contribution in [-0.2, 0) is 22.1 Å². The summed E-state index contributed by atoms with van der Waals surface area (Å²) in [5.41, 5.74) is 2.83. The summed E-state index contributed by atoms with van der Waals surface area (Å²) in [4.78, 5) is 25.2. The number of esters is 1. The highest BCUT2D eigenvalue weighted by atomic mass is 35.5. The summed E-state index contributed by atoms with van der Waals surface area (Å²) in [6.07, 6.45) is 0.619. The van der Waals surface area contributed by atoms with Gasteiger partial charge >= 0.3 is 5.97 Å². The predicted molar refractivity (Wildman–Crippen MR) is 120 cm³/mol. The van der Waals surface area contributed by atoms with Crippen molar-refractivity contribution in [2.75, 3.05) is 20.3 Å². The second-order valence-electron chi connectivity index (χ2n) is 7.74. The molecule has 1 fully saturated rings. The number of hydrogen-bond donors (Lipinski definition) is 1. The fourth-order valence-corrected chi connectivity index (χ4v) is 4.62. The summed E-state index contributed by atoms with van der Waals surface area (Å²) in [6, 6.07) is 10.6. The molecule has 4 rings (SSSR count). The number of aryl methyl sites for hydroxylation is 2. The van der Waals surface area contributed by atoms with Crippen molar-refractivity contribution >= 4 is 46.0 Å². The van der Waals surface area contributed by atoms with Crippen molar-refractivity contribution in [3.8, 4) is 0 Å². The maximum absolute atomic E-state index is 13.4. The van der Waals surface area contributed by atoms with Crippen molar-refractivity contribution in [3.05, 3.63) is 68.8 Å². The van der Waals surface area contributed by atoms with Gasteiger partial charge in [-0.05, 0) is 48.4 Å². The van der Waals surface area contributed by atoms with Crippen LogP contribution >= 0.6 is 23.2 Å². The smallest absolute Gasteiger partial charge is 0.337 e. The molecule has 1 atom stereocenters. The molecule has 1 amide bonds. The fraction of sp³-hybridized carbons (Fsp3) is 0.304. The molecule has 6 nitrogen and oxygen atoms in total. The zero-order valence-electron chi connectivity index (χ0n) is 17.4. The van der Waals surface area contributed by atoms with E-state index in [1.807, 2.05) is 26.1 Å². The lowest BCUT2D eigenvalue weighted by Gasteiger charge is -2.31. The molecule has 0 saturated carbocycles. The number of fused-ring (bicyclic) bond motifs is 1. The molecule has 1 unspecified atom stereocenters. The van der Waals surface area contributed by atoms with Crippen LogP contribution in [0.3, 0.4) is 0 Å². The minimum absolute atomic E-state index is 0.243. The third kappa shape index (κ3) is 3.69. The average molecular weight is 461 g/mol. The van der Waals surface area contributed by atoms with Crippen molar-refractivity contribution in [1.29, 1.82) is 0 Å². The number of rotatable bonds is 4. The molecule has 1 saturated heterocycles. The van der Waals surface area contributed by atoms with Crippen LogP contribution in [0.1, 0.15) is 38.4 Å². The molecule has 3 aromatic rings. The van der Waals surface area contributed by atoms with Gasteiger partial charge in [0.05, 0.1) is 34.9 Å². The molecule has 0 aliphatic carbocycles. The first-order chi connectivity index (χ1) is 14.8. The molecule has 2 aromatic carbocycles. The summed E-state index contributed by atoms with van der Waals surface area (Å²) >= 11 is 12.5. The van der Waals surface area contributed by atoms with E-state index < -0.39 is 11.5 Å². The van der Waals surface area contributed by atoms with Crippen LogP contribution in [0.4, 0.5) is 0 Å². The number of hydrogen-bond acceptors (Lipinski definition) is 4. The molecule has 31 heavy (non-hydrogen) atoms. The minimum atomic E-state index is -0.701. The van der Waals surface area contributed by atoms with Gasteiger partial charge in [0.2, 0.25) is 0 Å². The maximum Gasteiger partial charge on any atom is 0.337 e. The Morgan fingerprint density at radius 2 is 1.97 bits per heavy atom. The van der Waals surface area contributed by atoms with Gasteiger partial charge in [-0.3, -0.25) is 4.79 Å². The van der Waals surface area contributed by atoms with Gasteiger partial charge in [-0.25, -0.2) is 4.79 Å². The van der Waals surface area contributed by atoms with Gasteiger partial charge in [0.15, 0.2) is 0 Å². The number of amides is 1. The lowest BCUT2D eigenvalue weighted by Crippen LogP contribution is -2.47. The number of aromatic nitrogens is 1. The van der Waals surface area contributed by atoms with Crippen molar-refractivity contribution in [1.82, 2.24) is 9.88 Å². The largest absolute Gasteiger partial charge is 0.465 e. The summed E-state index contributed by atoms with van der Waals surface area (Å²) in [7, 11) is 3.16. The van der Waals surface area contributed by atoms with Crippen molar-refractivity contribution < 1.29 is 19.1 Å². The van der Waals surface area contributed by atoms with Gasteiger partial charge in [0.25, 0.3) is 5.91 Å².